The van der Waals surface area contributed by atoms with Gasteiger partial charge in [0.15, 0.2) is 5.78 Å². The lowest BCUT2D eigenvalue weighted by Crippen LogP contribution is -2.43. The van der Waals surface area contributed by atoms with E-state index >= 15 is 0 Å². The second-order valence-corrected chi connectivity index (χ2v) is 7.38. The number of benzene rings is 1. The summed E-state index contributed by atoms with van der Waals surface area (Å²) in [6, 6.07) is 7.35. The second kappa shape index (κ2) is 6.80. The lowest BCUT2D eigenvalue weighted by Gasteiger charge is -2.37. The summed E-state index contributed by atoms with van der Waals surface area (Å²) in [4.78, 5) is 31.5. The molecule has 1 amide bonds. The van der Waals surface area contributed by atoms with E-state index in [4.69, 9.17) is 4.74 Å². The van der Waals surface area contributed by atoms with Gasteiger partial charge in [-0.1, -0.05) is 12.1 Å². The van der Waals surface area contributed by atoms with Gasteiger partial charge in [-0.15, -0.1) is 15.3 Å². The van der Waals surface area contributed by atoms with E-state index in [1.165, 1.54) is 17.2 Å². The number of carbonyl (C=O) groups is 2. The summed E-state index contributed by atoms with van der Waals surface area (Å²) < 4.78 is 7.80. The third-order valence-electron chi connectivity index (χ3n) is 5.51. The summed E-state index contributed by atoms with van der Waals surface area (Å²) in [5.74, 6) is 0.979. The maximum absolute atomic E-state index is 12.9. The van der Waals surface area contributed by atoms with Gasteiger partial charge in [-0.3, -0.25) is 19.3 Å². The van der Waals surface area contributed by atoms with Gasteiger partial charge in [0.2, 0.25) is 5.82 Å². The number of amides is 1. The molecule has 1 aromatic carbocycles. The maximum atomic E-state index is 12.9. The summed E-state index contributed by atoms with van der Waals surface area (Å²) in [6.07, 6.45) is 5.31. The number of aromatic amines is 1. The molecule has 2 aliphatic rings. The van der Waals surface area contributed by atoms with E-state index in [0.717, 1.165) is 12.8 Å². The zero-order chi connectivity index (χ0) is 19.8. The number of H-pyrrole nitrogens is 1. The molecule has 1 atom stereocenters. The Morgan fingerprint density at radius 1 is 1.14 bits per heavy atom. The number of ketones is 1. The molecule has 3 aromatic rings. The van der Waals surface area contributed by atoms with Gasteiger partial charge in [-0.25, -0.2) is 0 Å². The van der Waals surface area contributed by atoms with E-state index in [1.54, 1.807) is 11.0 Å². The van der Waals surface area contributed by atoms with Gasteiger partial charge in [-0.2, -0.15) is 4.98 Å². The van der Waals surface area contributed by atoms with Crippen LogP contribution >= 0.6 is 0 Å². The van der Waals surface area contributed by atoms with Crippen molar-refractivity contribution in [2.75, 3.05) is 13.1 Å². The minimum Gasteiger partial charge on any atom is -0.486 e. The Morgan fingerprint density at radius 2 is 1.97 bits per heavy atom. The minimum absolute atomic E-state index is 0.0976. The largest absolute Gasteiger partial charge is 0.486 e. The van der Waals surface area contributed by atoms with Gasteiger partial charge in [0.25, 0.3) is 11.9 Å². The van der Waals surface area contributed by atoms with Crippen LogP contribution < -0.4 is 4.74 Å². The predicted molar refractivity (Wildman–Crippen MR) is 99.8 cm³/mol. The molecule has 1 unspecified atom stereocenters. The highest BCUT2D eigenvalue weighted by Crippen LogP contribution is 2.39. The number of rotatable bonds is 2. The fourth-order valence-electron chi connectivity index (χ4n) is 4.01. The molecule has 0 aliphatic carbocycles. The van der Waals surface area contributed by atoms with Gasteiger partial charge in [0, 0.05) is 19.5 Å². The topological polar surface area (TPSA) is 119 Å². The molecule has 1 saturated heterocycles. The van der Waals surface area contributed by atoms with Crippen LogP contribution in [0, 0.1) is 0 Å². The number of Topliss-reactive ketones (excluding diaryl/α,β-unsaturated/α-hetero) is 1. The zero-order valence-corrected chi connectivity index (χ0v) is 15.6. The maximum Gasteiger partial charge on any atom is 0.291 e. The molecular weight excluding hydrogens is 374 g/mol. The molecule has 148 valence electrons. The molecule has 2 aliphatic heterocycles. The third-order valence-corrected chi connectivity index (χ3v) is 5.51. The highest BCUT2D eigenvalue weighted by atomic mass is 16.5. The summed E-state index contributed by atoms with van der Waals surface area (Å²) in [6.45, 7) is 1.05. The quantitative estimate of drug-likeness (QED) is 0.699. The molecule has 0 radical (unpaired) electrons. The number of ether oxygens (including phenoxy) is 1. The van der Waals surface area contributed by atoms with Crippen molar-refractivity contribution in [3.8, 4) is 11.7 Å². The van der Waals surface area contributed by atoms with Crippen LogP contribution in [0.3, 0.4) is 0 Å². The third kappa shape index (κ3) is 3.16. The van der Waals surface area contributed by atoms with E-state index in [-0.39, 0.29) is 17.5 Å². The summed E-state index contributed by atoms with van der Waals surface area (Å²) in [5.41, 5.74) is 0.0775. The van der Waals surface area contributed by atoms with Gasteiger partial charge >= 0.3 is 0 Å². The average molecular weight is 393 g/mol. The van der Waals surface area contributed by atoms with Crippen molar-refractivity contribution in [1.29, 1.82) is 0 Å². The number of carbonyl (C=O) groups excluding carboxylic acids is 2. The number of aromatic nitrogens is 6. The number of fused-ring (bicyclic) bond motifs is 1. The highest BCUT2D eigenvalue weighted by Gasteiger charge is 2.42. The fourth-order valence-corrected chi connectivity index (χ4v) is 4.01. The first-order valence-electron chi connectivity index (χ1n) is 9.51. The molecule has 1 spiro atoms. The van der Waals surface area contributed by atoms with E-state index < -0.39 is 5.60 Å². The Kier molecular flexibility index (Phi) is 4.11. The van der Waals surface area contributed by atoms with Crippen molar-refractivity contribution in [2.24, 2.45) is 0 Å². The van der Waals surface area contributed by atoms with Crippen LogP contribution in [0.4, 0.5) is 0 Å². The van der Waals surface area contributed by atoms with Crippen molar-refractivity contribution in [3.05, 3.63) is 48.3 Å². The molecule has 10 heteroatoms. The Hall–Kier alpha value is -3.56. The molecule has 10 nitrogen and oxygen atoms in total. The van der Waals surface area contributed by atoms with Crippen molar-refractivity contribution < 1.29 is 14.3 Å². The van der Waals surface area contributed by atoms with Crippen LogP contribution in [0.1, 0.15) is 46.7 Å². The molecule has 5 rings (SSSR count). The second-order valence-electron chi connectivity index (χ2n) is 7.38. The van der Waals surface area contributed by atoms with Crippen LogP contribution in [0.15, 0.2) is 36.9 Å². The summed E-state index contributed by atoms with van der Waals surface area (Å²) in [7, 11) is 0. The summed E-state index contributed by atoms with van der Waals surface area (Å²) in [5, 5.41) is 14.2. The molecule has 0 bridgehead atoms. The van der Waals surface area contributed by atoms with Gasteiger partial charge < -0.3 is 9.64 Å². The Balaban J connectivity index is 1.32. The van der Waals surface area contributed by atoms with Crippen LogP contribution in [-0.2, 0) is 0 Å². The van der Waals surface area contributed by atoms with Crippen LogP contribution in [-0.4, -0.2) is 65.2 Å². The van der Waals surface area contributed by atoms with Crippen LogP contribution in [0.2, 0.25) is 0 Å². The number of hydrogen-bond acceptors (Lipinski definition) is 7. The molecule has 1 N–H and O–H groups in total. The van der Waals surface area contributed by atoms with E-state index in [9.17, 15) is 9.59 Å². The first-order chi connectivity index (χ1) is 14.1. The van der Waals surface area contributed by atoms with Crippen molar-refractivity contribution >= 4 is 11.7 Å². The monoisotopic (exact) mass is 393 g/mol. The lowest BCUT2D eigenvalue weighted by molar-refractivity contribution is 0.0299. The molecule has 1 fully saturated rings. The first-order valence-corrected chi connectivity index (χ1v) is 9.51. The Morgan fingerprint density at radius 3 is 2.83 bits per heavy atom. The standard InChI is InChI=1S/C19H19N7O3/c27-14-10-19(29-15-5-2-1-4-13(14)15)6-3-8-25(9-7-19)17(28)16-22-18(24-23-16)26-11-20-21-12-26/h1-2,4-5,11-12H,3,6-10H2,(H,22,23,24). The van der Waals surface area contributed by atoms with Crippen molar-refractivity contribution in [1.82, 2.24) is 34.8 Å². The van der Waals surface area contributed by atoms with E-state index in [0.29, 0.717) is 43.2 Å². The number of nitrogens with zero attached hydrogens (tertiary/aromatic N) is 6. The van der Waals surface area contributed by atoms with Gasteiger partial charge in [-0.05, 0) is 25.0 Å². The number of nitrogens with one attached hydrogen (secondary N) is 1. The zero-order valence-electron chi connectivity index (χ0n) is 15.6. The van der Waals surface area contributed by atoms with Crippen LogP contribution in [0.25, 0.3) is 5.95 Å². The minimum atomic E-state index is -0.560. The molecule has 2 aromatic heterocycles. The fraction of sp³-hybridized carbons (Fsp3) is 0.368. The lowest BCUT2D eigenvalue weighted by atomic mass is 9.84. The predicted octanol–water partition coefficient (Wildman–Crippen LogP) is 1.42. The van der Waals surface area contributed by atoms with E-state index in [1.807, 2.05) is 18.2 Å². The van der Waals surface area contributed by atoms with Crippen molar-refractivity contribution in [3.63, 3.8) is 0 Å². The smallest absolute Gasteiger partial charge is 0.291 e. The number of likely N-dealkylation sites (tertiary alicyclic amines) is 1. The average Bonchev–Trinajstić information content (AvgIpc) is 3.38. The van der Waals surface area contributed by atoms with Gasteiger partial charge in [0.1, 0.15) is 24.0 Å². The van der Waals surface area contributed by atoms with Crippen LogP contribution in [0.5, 0.6) is 5.75 Å². The molecule has 0 saturated carbocycles. The van der Waals surface area contributed by atoms with E-state index in [2.05, 4.69) is 25.4 Å². The normalized spacial score (nSPS) is 21.5. The molecule has 4 heterocycles. The summed E-state index contributed by atoms with van der Waals surface area (Å²) >= 11 is 0. The molecule has 29 heavy (non-hydrogen) atoms. The highest BCUT2D eigenvalue weighted by molar-refractivity contribution is 6.00. The number of para-hydroxylation sites is 1. The first kappa shape index (κ1) is 17.5. The number of hydrogen-bond donors (Lipinski definition) is 1. The molecular formula is C19H19N7O3. The SMILES string of the molecule is O=C1CC2(CCCN(C(=O)c3nc(-n4cnnc4)n[nH]3)CC2)Oc2ccccc21. The van der Waals surface area contributed by atoms with Crippen molar-refractivity contribution in [2.45, 2.75) is 31.3 Å². The Bertz CT molecular complexity index is 1060. The van der Waals surface area contributed by atoms with Gasteiger partial charge in [0.05, 0.1) is 12.0 Å². The Labute approximate surface area is 165 Å².